The molecule has 0 radical (unpaired) electrons. The molecule has 23 nitrogen and oxygen atoms in total. The number of rotatable bonds is 35. The van der Waals surface area contributed by atoms with Crippen LogP contribution < -0.4 is 0 Å². The second-order valence-corrected chi connectivity index (χ2v) is 12.8. The van der Waals surface area contributed by atoms with Gasteiger partial charge < -0.3 is 52.5 Å². The van der Waals surface area contributed by atoms with Crippen molar-refractivity contribution in [3.8, 4) is 0 Å². The molecule has 23 heteroatoms. The Hall–Kier alpha value is -4.75. The van der Waals surface area contributed by atoms with E-state index in [1.165, 1.54) is 4.90 Å². The molecule has 0 unspecified atom stereocenters. The second-order valence-electron chi connectivity index (χ2n) is 12.8. The van der Waals surface area contributed by atoms with Crippen molar-refractivity contribution >= 4 is 53.3 Å². The summed E-state index contributed by atoms with van der Waals surface area (Å²) in [5.74, 6) is -4.89. The maximum atomic E-state index is 13.0. The number of ether oxygens (including phenoxy) is 8. The van der Waals surface area contributed by atoms with Crippen LogP contribution in [0, 0.1) is 0 Å². The van der Waals surface area contributed by atoms with Crippen LogP contribution in [0.15, 0.2) is 12.2 Å². The molecule has 3 aliphatic rings. The third-order valence-electron chi connectivity index (χ3n) is 8.34. The van der Waals surface area contributed by atoms with E-state index in [0.717, 1.165) is 17.1 Å². The molecule has 0 bridgehead atoms. The molecular formula is C37H54N4O19. The zero-order chi connectivity index (χ0) is 43.4. The Labute approximate surface area is 346 Å². The minimum atomic E-state index is -0.744. The number of hydroxylamine groups is 4. The monoisotopic (exact) mass is 858 g/mol. The quantitative estimate of drug-likeness (QED) is 0.0506. The highest BCUT2D eigenvalue weighted by Crippen LogP contribution is 2.14. The van der Waals surface area contributed by atoms with E-state index in [1.807, 2.05) is 0 Å². The van der Waals surface area contributed by atoms with Crippen LogP contribution in [-0.4, -0.2) is 199 Å². The summed E-state index contributed by atoms with van der Waals surface area (Å²) in [6.07, 6.45) is 2.09. The van der Waals surface area contributed by atoms with Gasteiger partial charge in [0.15, 0.2) is 0 Å². The summed E-state index contributed by atoms with van der Waals surface area (Å²) in [6, 6.07) is 0. The predicted octanol–water partition coefficient (Wildman–Crippen LogP) is -1.74. The highest BCUT2D eigenvalue weighted by Gasteiger charge is 2.33. The molecule has 0 aromatic rings. The molecule has 0 aliphatic carbocycles. The summed E-state index contributed by atoms with van der Waals surface area (Å²) < 4.78 is 43.6. The van der Waals surface area contributed by atoms with Gasteiger partial charge in [-0.1, -0.05) is 0 Å². The number of nitrogens with zero attached hydrogens (tertiary/aromatic N) is 4. The van der Waals surface area contributed by atoms with Gasteiger partial charge in [-0.25, -0.2) is 9.59 Å². The van der Waals surface area contributed by atoms with Gasteiger partial charge in [0, 0.05) is 63.9 Å². The molecule has 2 fully saturated rings. The van der Waals surface area contributed by atoms with Gasteiger partial charge in [0.25, 0.3) is 35.4 Å². The van der Waals surface area contributed by atoms with Crippen LogP contribution in [0.1, 0.15) is 44.9 Å². The van der Waals surface area contributed by atoms with Crippen molar-refractivity contribution in [1.29, 1.82) is 0 Å². The Morgan fingerprint density at radius 3 is 1.07 bits per heavy atom. The molecular weight excluding hydrogens is 804 g/mol. The number of amides is 7. The van der Waals surface area contributed by atoms with Crippen LogP contribution in [0.3, 0.4) is 0 Å². The van der Waals surface area contributed by atoms with Gasteiger partial charge in [-0.2, -0.15) is 0 Å². The smallest absolute Gasteiger partial charge is 0.335 e. The Kier molecular flexibility index (Phi) is 24.4. The van der Waals surface area contributed by atoms with Crippen molar-refractivity contribution in [2.75, 3.05) is 125 Å². The highest BCUT2D eigenvalue weighted by atomic mass is 16.7. The van der Waals surface area contributed by atoms with E-state index in [-0.39, 0.29) is 150 Å². The minimum absolute atomic E-state index is 0.0231. The molecule has 7 amide bonds. The molecule has 0 aromatic heterocycles. The standard InChI is InChI=1S/C37H54N4O19/c42-29(7-10-39-30(43)1-2-31(39)44)38(11-15-53-19-23-57-27-25-55-21-17-51-13-8-36(49)59-40-32(45)3-4-33(40)46)12-16-54-20-24-58-28-26-56-22-18-52-14-9-37(50)60-41-34(47)5-6-35(41)48/h1-2H,3-28H2. The average Bonchev–Trinajstić information content (AvgIpc) is 3.85. The van der Waals surface area contributed by atoms with E-state index in [1.54, 1.807) is 0 Å². The third-order valence-corrected chi connectivity index (χ3v) is 8.34. The summed E-state index contributed by atoms with van der Waals surface area (Å²) >= 11 is 0. The molecule has 0 aromatic carbocycles. The van der Waals surface area contributed by atoms with E-state index in [2.05, 4.69) is 0 Å². The molecule has 2 saturated heterocycles. The van der Waals surface area contributed by atoms with Crippen LogP contribution in [0.4, 0.5) is 0 Å². The second kappa shape index (κ2) is 29.5. The van der Waals surface area contributed by atoms with Gasteiger partial charge in [0.1, 0.15) is 0 Å². The SMILES string of the molecule is O=C(CCOCCOCCOCCOCCN(CCOCCOCCOCCOCCC(=O)ON1C(=O)CCC1=O)C(=O)CCN1C(=O)C=CC1=O)ON1C(=O)CCC1=O. The zero-order valence-corrected chi connectivity index (χ0v) is 33.6. The summed E-state index contributed by atoms with van der Waals surface area (Å²) in [5.41, 5.74) is 0. The maximum absolute atomic E-state index is 13.0. The number of carbonyl (C=O) groups is 9. The van der Waals surface area contributed by atoms with Gasteiger partial charge in [-0.05, 0) is 0 Å². The van der Waals surface area contributed by atoms with E-state index in [4.69, 9.17) is 47.6 Å². The van der Waals surface area contributed by atoms with Crippen LogP contribution in [-0.2, 0) is 90.7 Å². The van der Waals surface area contributed by atoms with Crippen LogP contribution >= 0.6 is 0 Å². The fourth-order valence-corrected chi connectivity index (χ4v) is 5.17. The normalized spacial score (nSPS) is 15.3. The highest BCUT2D eigenvalue weighted by molar-refractivity contribution is 6.13. The van der Waals surface area contributed by atoms with E-state index >= 15 is 0 Å². The van der Waals surface area contributed by atoms with Crippen LogP contribution in [0.2, 0.25) is 0 Å². The molecule has 336 valence electrons. The Morgan fingerprint density at radius 1 is 0.433 bits per heavy atom. The van der Waals surface area contributed by atoms with Crippen molar-refractivity contribution in [3.63, 3.8) is 0 Å². The van der Waals surface area contributed by atoms with Crippen molar-refractivity contribution in [2.45, 2.75) is 44.9 Å². The number of hydrogen-bond donors (Lipinski definition) is 0. The summed E-state index contributed by atoms with van der Waals surface area (Å²) in [7, 11) is 0. The molecule has 0 saturated carbocycles. The van der Waals surface area contributed by atoms with Gasteiger partial charge in [-0.3, -0.25) is 38.5 Å². The van der Waals surface area contributed by atoms with Crippen molar-refractivity contribution in [1.82, 2.24) is 19.9 Å². The lowest BCUT2D eigenvalue weighted by Gasteiger charge is -2.24. The van der Waals surface area contributed by atoms with Gasteiger partial charge in [-0.15, -0.1) is 10.1 Å². The first-order chi connectivity index (χ1) is 29.1. The molecule has 0 spiro atoms. The Bertz CT molecular complexity index is 1350. The first kappa shape index (κ1) is 49.6. The minimum Gasteiger partial charge on any atom is -0.378 e. The first-order valence-corrected chi connectivity index (χ1v) is 19.6. The summed E-state index contributed by atoms with van der Waals surface area (Å²) in [6.45, 7) is 4.07. The molecule has 3 heterocycles. The number of imide groups is 3. The summed E-state index contributed by atoms with van der Waals surface area (Å²) in [5, 5.41) is 0.977. The van der Waals surface area contributed by atoms with Gasteiger partial charge >= 0.3 is 11.9 Å². The van der Waals surface area contributed by atoms with E-state index < -0.39 is 47.4 Å². The molecule has 0 atom stereocenters. The molecule has 60 heavy (non-hydrogen) atoms. The topological polar surface area (TPSA) is 259 Å². The first-order valence-electron chi connectivity index (χ1n) is 19.6. The van der Waals surface area contributed by atoms with E-state index in [0.29, 0.717) is 36.6 Å². The van der Waals surface area contributed by atoms with Crippen molar-refractivity contribution in [3.05, 3.63) is 12.2 Å². The van der Waals surface area contributed by atoms with Crippen LogP contribution in [0.25, 0.3) is 0 Å². The average molecular weight is 859 g/mol. The van der Waals surface area contributed by atoms with Gasteiger partial charge in [0.05, 0.1) is 119 Å². The lowest BCUT2D eigenvalue weighted by atomic mass is 10.3. The Balaban J connectivity index is 1.15. The number of carbonyl (C=O) groups excluding carboxylic acids is 9. The summed E-state index contributed by atoms with van der Waals surface area (Å²) in [4.78, 5) is 118. The van der Waals surface area contributed by atoms with E-state index in [9.17, 15) is 43.2 Å². The number of hydrogen-bond acceptors (Lipinski definition) is 19. The predicted molar refractivity (Wildman–Crippen MR) is 197 cm³/mol. The largest absolute Gasteiger partial charge is 0.378 e. The van der Waals surface area contributed by atoms with Crippen LogP contribution in [0.5, 0.6) is 0 Å². The lowest BCUT2D eigenvalue weighted by molar-refractivity contribution is -0.198. The zero-order valence-electron chi connectivity index (χ0n) is 33.6. The fourth-order valence-electron chi connectivity index (χ4n) is 5.17. The molecule has 0 N–H and O–H groups in total. The molecule has 3 rings (SSSR count). The Morgan fingerprint density at radius 2 is 0.733 bits per heavy atom. The van der Waals surface area contributed by atoms with Crippen molar-refractivity contribution in [2.24, 2.45) is 0 Å². The van der Waals surface area contributed by atoms with Gasteiger partial charge in [0.2, 0.25) is 5.91 Å². The third kappa shape index (κ3) is 20.0. The fraction of sp³-hybridized carbons (Fsp3) is 0.703. The maximum Gasteiger partial charge on any atom is 0.335 e. The van der Waals surface area contributed by atoms with Crippen molar-refractivity contribution < 1.29 is 90.7 Å². The molecule has 3 aliphatic heterocycles. The lowest BCUT2D eigenvalue weighted by Crippen LogP contribution is -2.40.